The maximum Gasteiger partial charge on any atom is 0.201 e. The predicted molar refractivity (Wildman–Crippen MR) is 78.4 cm³/mol. The Morgan fingerprint density at radius 1 is 1.32 bits per heavy atom. The van der Waals surface area contributed by atoms with Crippen LogP contribution in [0.2, 0.25) is 0 Å². The van der Waals surface area contributed by atoms with E-state index in [-0.39, 0.29) is 5.82 Å². The summed E-state index contributed by atoms with van der Waals surface area (Å²) in [6.07, 6.45) is 6.38. The molecule has 2 aromatic rings. The van der Waals surface area contributed by atoms with Gasteiger partial charge in [-0.3, -0.25) is 0 Å². The molecule has 0 amide bonds. The van der Waals surface area contributed by atoms with E-state index in [0.29, 0.717) is 16.3 Å². The second-order valence-corrected chi connectivity index (χ2v) is 6.19. The third kappa shape index (κ3) is 2.48. The maximum atomic E-state index is 13.7. The van der Waals surface area contributed by atoms with Crippen molar-refractivity contribution < 1.29 is 4.39 Å². The molecule has 1 aromatic heterocycles. The smallest absolute Gasteiger partial charge is 0.201 e. The lowest BCUT2D eigenvalue weighted by molar-refractivity contribution is 0.323. The van der Waals surface area contributed by atoms with Gasteiger partial charge in [0.25, 0.3) is 0 Å². The summed E-state index contributed by atoms with van der Waals surface area (Å²) in [5.74, 6) is 0.857. The number of imidazole rings is 1. The molecule has 3 nitrogen and oxygen atoms in total. The van der Waals surface area contributed by atoms with Gasteiger partial charge in [-0.25, -0.2) is 9.37 Å². The standard InChI is InChI=1S/C14H17BrFN3/c15-10-6-12-13(7-11(10)16)19(14(17)18-12)8-9-4-2-1-3-5-9/h6-7,9H,1-5,8H2,(H2,17,18). The van der Waals surface area contributed by atoms with Crippen LogP contribution in [-0.4, -0.2) is 9.55 Å². The maximum absolute atomic E-state index is 13.7. The first-order chi connectivity index (χ1) is 9.15. The molecule has 0 radical (unpaired) electrons. The number of halogens is 2. The molecule has 1 aliphatic carbocycles. The summed E-state index contributed by atoms with van der Waals surface area (Å²) in [7, 11) is 0. The highest BCUT2D eigenvalue weighted by molar-refractivity contribution is 9.10. The zero-order valence-electron chi connectivity index (χ0n) is 10.7. The van der Waals surface area contributed by atoms with Crippen molar-refractivity contribution in [3.63, 3.8) is 0 Å². The minimum absolute atomic E-state index is 0.266. The van der Waals surface area contributed by atoms with E-state index in [2.05, 4.69) is 20.9 Å². The SMILES string of the molecule is Nc1nc2cc(Br)c(F)cc2n1CC1CCCCC1. The van der Waals surface area contributed by atoms with Gasteiger partial charge in [0.05, 0.1) is 15.5 Å². The zero-order valence-corrected chi connectivity index (χ0v) is 12.3. The predicted octanol–water partition coefficient (Wildman–Crippen LogP) is 4.10. The number of fused-ring (bicyclic) bond motifs is 1. The van der Waals surface area contributed by atoms with Crippen molar-refractivity contribution in [2.24, 2.45) is 5.92 Å². The highest BCUT2D eigenvalue weighted by Crippen LogP contribution is 2.29. The van der Waals surface area contributed by atoms with Crippen LogP contribution in [0.5, 0.6) is 0 Å². The second-order valence-electron chi connectivity index (χ2n) is 5.34. The van der Waals surface area contributed by atoms with Gasteiger partial charge in [0.15, 0.2) is 0 Å². The summed E-state index contributed by atoms with van der Waals surface area (Å²) in [5.41, 5.74) is 7.53. The fourth-order valence-corrected chi connectivity index (χ4v) is 3.29. The number of nitrogen functional groups attached to an aromatic ring is 1. The number of rotatable bonds is 2. The van der Waals surface area contributed by atoms with Crippen molar-refractivity contribution in [1.82, 2.24) is 9.55 Å². The van der Waals surface area contributed by atoms with Crippen LogP contribution in [0, 0.1) is 11.7 Å². The average molecular weight is 326 g/mol. The molecule has 1 heterocycles. The van der Waals surface area contributed by atoms with Crippen LogP contribution < -0.4 is 5.73 Å². The molecule has 2 N–H and O–H groups in total. The third-order valence-electron chi connectivity index (χ3n) is 3.99. The van der Waals surface area contributed by atoms with Gasteiger partial charge in [0, 0.05) is 12.6 Å². The minimum atomic E-state index is -0.266. The van der Waals surface area contributed by atoms with Crippen molar-refractivity contribution >= 4 is 32.9 Å². The Kier molecular flexibility index (Phi) is 3.48. The molecule has 3 rings (SSSR count). The Morgan fingerprint density at radius 2 is 2.05 bits per heavy atom. The zero-order chi connectivity index (χ0) is 13.4. The molecule has 0 aliphatic heterocycles. The molecular weight excluding hydrogens is 309 g/mol. The fraction of sp³-hybridized carbons (Fsp3) is 0.500. The first-order valence-corrected chi connectivity index (χ1v) is 7.55. The quantitative estimate of drug-likeness (QED) is 0.903. The topological polar surface area (TPSA) is 43.8 Å². The molecule has 102 valence electrons. The Balaban J connectivity index is 1.97. The van der Waals surface area contributed by atoms with Gasteiger partial charge in [-0.05, 0) is 40.8 Å². The van der Waals surface area contributed by atoms with Crippen molar-refractivity contribution in [3.8, 4) is 0 Å². The highest BCUT2D eigenvalue weighted by Gasteiger charge is 2.18. The molecule has 0 bridgehead atoms. The van der Waals surface area contributed by atoms with Crippen molar-refractivity contribution in [2.45, 2.75) is 38.6 Å². The van der Waals surface area contributed by atoms with E-state index in [1.54, 1.807) is 6.07 Å². The monoisotopic (exact) mass is 325 g/mol. The van der Waals surface area contributed by atoms with Gasteiger partial charge in [-0.15, -0.1) is 0 Å². The summed E-state index contributed by atoms with van der Waals surface area (Å²) in [5, 5.41) is 0. The summed E-state index contributed by atoms with van der Waals surface area (Å²) < 4.78 is 16.1. The Bertz CT molecular complexity index is 602. The molecule has 1 fully saturated rings. The van der Waals surface area contributed by atoms with Crippen LogP contribution in [0.4, 0.5) is 10.3 Å². The summed E-state index contributed by atoms with van der Waals surface area (Å²) in [4.78, 5) is 4.32. The normalized spacial score (nSPS) is 17.2. The van der Waals surface area contributed by atoms with Crippen LogP contribution in [0.15, 0.2) is 16.6 Å². The van der Waals surface area contributed by atoms with E-state index < -0.39 is 0 Å². The summed E-state index contributed by atoms with van der Waals surface area (Å²) >= 11 is 3.18. The second kappa shape index (κ2) is 5.12. The van der Waals surface area contributed by atoms with Crippen LogP contribution in [0.1, 0.15) is 32.1 Å². The number of aromatic nitrogens is 2. The molecule has 0 saturated heterocycles. The number of nitrogens with zero attached hydrogens (tertiary/aromatic N) is 2. The van der Waals surface area contributed by atoms with E-state index in [9.17, 15) is 4.39 Å². The van der Waals surface area contributed by atoms with Gasteiger partial charge in [-0.1, -0.05) is 19.3 Å². The Labute approximate surface area is 120 Å². The number of hydrogen-bond acceptors (Lipinski definition) is 2. The van der Waals surface area contributed by atoms with E-state index in [1.165, 1.54) is 38.2 Å². The summed E-state index contributed by atoms with van der Waals surface area (Å²) in [6, 6.07) is 3.21. The molecule has 1 saturated carbocycles. The van der Waals surface area contributed by atoms with Gasteiger partial charge >= 0.3 is 0 Å². The molecular formula is C14H17BrFN3. The fourth-order valence-electron chi connectivity index (χ4n) is 2.96. The van der Waals surface area contributed by atoms with Crippen molar-refractivity contribution in [1.29, 1.82) is 0 Å². The van der Waals surface area contributed by atoms with Crippen LogP contribution in [0.25, 0.3) is 11.0 Å². The van der Waals surface area contributed by atoms with Crippen molar-refractivity contribution in [2.75, 3.05) is 5.73 Å². The first kappa shape index (κ1) is 12.9. The number of hydrogen-bond donors (Lipinski definition) is 1. The Hall–Kier alpha value is -1.10. The average Bonchev–Trinajstić information content (AvgIpc) is 2.68. The van der Waals surface area contributed by atoms with E-state index >= 15 is 0 Å². The Morgan fingerprint density at radius 3 is 2.79 bits per heavy atom. The van der Waals surface area contributed by atoms with E-state index in [1.807, 2.05) is 4.57 Å². The van der Waals surface area contributed by atoms with Gasteiger partial charge in [-0.2, -0.15) is 0 Å². The van der Waals surface area contributed by atoms with Crippen LogP contribution >= 0.6 is 15.9 Å². The van der Waals surface area contributed by atoms with Crippen LogP contribution in [-0.2, 0) is 6.54 Å². The number of nitrogens with two attached hydrogens (primary N) is 1. The molecule has 0 atom stereocenters. The number of anilines is 1. The molecule has 5 heteroatoms. The minimum Gasteiger partial charge on any atom is -0.369 e. The molecule has 19 heavy (non-hydrogen) atoms. The lowest BCUT2D eigenvalue weighted by atomic mass is 9.89. The van der Waals surface area contributed by atoms with Gasteiger partial charge in [0.1, 0.15) is 5.82 Å². The van der Waals surface area contributed by atoms with Gasteiger partial charge in [0.2, 0.25) is 5.95 Å². The molecule has 1 aromatic carbocycles. The molecule has 0 spiro atoms. The number of benzene rings is 1. The molecule has 1 aliphatic rings. The first-order valence-electron chi connectivity index (χ1n) is 6.76. The lowest BCUT2D eigenvalue weighted by Gasteiger charge is -2.22. The third-order valence-corrected chi connectivity index (χ3v) is 4.59. The summed E-state index contributed by atoms with van der Waals surface area (Å²) in [6.45, 7) is 0.851. The van der Waals surface area contributed by atoms with E-state index in [4.69, 9.17) is 5.73 Å². The largest absolute Gasteiger partial charge is 0.369 e. The van der Waals surface area contributed by atoms with Crippen LogP contribution in [0.3, 0.4) is 0 Å². The molecule has 0 unspecified atom stereocenters. The van der Waals surface area contributed by atoms with E-state index in [0.717, 1.165) is 17.6 Å². The van der Waals surface area contributed by atoms with Crippen molar-refractivity contribution in [3.05, 3.63) is 22.4 Å². The van der Waals surface area contributed by atoms with Gasteiger partial charge < -0.3 is 10.3 Å². The highest BCUT2D eigenvalue weighted by atomic mass is 79.9. The lowest BCUT2D eigenvalue weighted by Crippen LogP contribution is -2.15.